The fourth-order valence-corrected chi connectivity index (χ4v) is 5.59. The van der Waals surface area contributed by atoms with Gasteiger partial charge >= 0.3 is 5.97 Å². The van der Waals surface area contributed by atoms with E-state index in [0.29, 0.717) is 13.0 Å². The Labute approximate surface area is 327 Å². The summed E-state index contributed by atoms with van der Waals surface area (Å²) in [5.41, 5.74) is 0. The average Bonchev–Trinajstić information content (AvgIpc) is 3.17. The van der Waals surface area contributed by atoms with E-state index in [1.54, 1.807) is 6.08 Å². The van der Waals surface area contributed by atoms with Gasteiger partial charge in [-0.25, -0.2) is 0 Å². The molecular weight excluding hydrogens is 684 g/mol. The number of carbonyl (C=O) groups excluding carboxylic acids is 1. The zero-order chi connectivity index (χ0) is 39.3. The van der Waals surface area contributed by atoms with E-state index in [4.69, 9.17) is 18.9 Å². The van der Waals surface area contributed by atoms with Crippen molar-refractivity contribution in [2.75, 3.05) is 26.4 Å². The second-order valence-electron chi connectivity index (χ2n) is 13.7. The molecule has 0 bridgehead atoms. The molecule has 6 unspecified atom stereocenters. The van der Waals surface area contributed by atoms with E-state index in [0.717, 1.165) is 57.8 Å². The van der Waals surface area contributed by atoms with Crippen LogP contribution in [0.3, 0.4) is 0 Å². The first-order valence-corrected chi connectivity index (χ1v) is 20.7. The number of ether oxygens (including phenoxy) is 4. The quantitative estimate of drug-likeness (QED) is 0.0295. The molecule has 1 aliphatic rings. The van der Waals surface area contributed by atoms with Crippen molar-refractivity contribution in [2.24, 2.45) is 0 Å². The molecule has 1 aliphatic heterocycles. The number of aliphatic hydroxyl groups excluding tert-OH is 4. The molecule has 0 aromatic carbocycles. The van der Waals surface area contributed by atoms with Gasteiger partial charge in [-0.2, -0.15) is 0 Å². The largest absolute Gasteiger partial charge is 0.457 e. The number of rotatable bonds is 33. The molecule has 0 aromatic heterocycles. The van der Waals surface area contributed by atoms with E-state index < -0.39 is 49.4 Å². The molecule has 54 heavy (non-hydrogen) atoms. The Kier molecular flexibility index (Phi) is 33.0. The van der Waals surface area contributed by atoms with Crippen molar-refractivity contribution in [2.45, 2.75) is 166 Å². The summed E-state index contributed by atoms with van der Waals surface area (Å²) in [5, 5.41) is 40.0. The topological polar surface area (TPSA) is 135 Å². The van der Waals surface area contributed by atoms with E-state index in [1.807, 2.05) is 6.08 Å². The first kappa shape index (κ1) is 49.4. The van der Waals surface area contributed by atoms with Crippen LogP contribution in [0.15, 0.2) is 85.1 Å². The van der Waals surface area contributed by atoms with Crippen LogP contribution < -0.4 is 0 Å². The second-order valence-corrected chi connectivity index (χ2v) is 13.7. The zero-order valence-corrected chi connectivity index (χ0v) is 33.4. The van der Waals surface area contributed by atoms with E-state index in [9.17, 15) is 25.2 Å². The van der Waals surface area contributed by atoms with Crippen molar-refractivity contribution in [3.63, 3.8) is 0 Å². The number of allylic oxidation sites excluding steroid dienone is 13. The Balaban J connectivity index is 2.39. The van der Waals surface area contributed by atoms with Crippen LogP contribution >= 0.6 is 0 Å². The molecule has 308 valence electrons. The van der Waals surface area contributed by atoms with Crippen LogP contribution in [-0.2, 0) is 23.7 Å². The minimum Gasteiger partial charge on any atom is -0.457 e. The molecule has 0 spiro atoms. The van der Waals surface area contributed by atoms with Crippen molar-refractivity contribution in [3.05, 3.63) is 85.1 Å². The molecular formula is C45H74O9. The maximum Gasteiger partial charge on any atom is 0.310 e. The fraction of sp³-hybridized carbons (Fsp3) is 0.667. The summed E-state index contributed by atoms with van der Waals surface area (Å²) in [6, 6.07) is 0. The first-order chi connectivity index (χ1) is 26.4. The summed E-state index contributed by atoms with van der Waals surface area (Å²) in [7, 11) is 0. The lowest BCUT2D eigenvalue weighted by Crippen LogP contribution is -2.59. The third-order valence-corrected chi connectivity index (χ3v) is 8.83. The lowest BCUT2D eigenvalue weighted by atomic mass is 9.99. The predicted molar refractivity (Wildman–Crippen MR) is 219 cm³/mol. The minimum absolute atomic E-state index is 0.0794. The summed E-state index contributed by atoms with van der Waals surface area (Å²) in [6.07, 6.45) is 40.6. The molecule has 9 nitrogen and oxygen atoms in total. The van der Waals surface area contributed by atoms with Gasteiger partial charge < -0.3 is 39.4 Å². The molecule has 0 aromatic rings. The molecule has 1 fully saturated rings. The van der Waals surface area contributed by atoms with Crippen molar-refractivity contribution in [1.82, 2.24) is 0 Å². The van der Waals surface area contributed by atoms with E-state index >= 15 is 0 Å². The second kappa shape index (κ2) is 36.0. The number of hydrogen-bond acceptors (Lipinski definition) is 9. The van der Waals surface area contributed by atoms with Crippen LogP contribution in [0.25, 0.3) is 0 Å². The fourth-order valence-electron chi connectivity index (χ4n) is 5.59. The van der Waals surface area contributed by atoms with Gasteiger partial charge in [0.25, 0.3) is 0 Å². The van der Waals surface area contributed by atoms with Crippen molar-refractivity contribution in [3.8, 4) is 0 Å². The molecule has 1 saturated heterocycles. The normalized spacial score (nSPS) is 21.8. The predicted octanol–water partition coefficient (Wildman–Crippen LogP) is 8.69. The SMILES string of the molecule is CC/C=C\C/C=C\C/C=C\C/C=C\C/C=C\CC(=O)OC(COCCCCCCCC/C=C\C/C=C\CCCCC)COC1OC(CO)C(O)C(O)C1O. The lowest BCUT2D eigenvalue weighted by molar-refractivity contribution is -0.305. The van der Waals surface area contributed by atoms with Crippen molar-refractivity contribution >= 4 is 5.97 Å². The molecule has 0 radical (unpaired) electrons. The van der Waals surface area contributed by atoms with Crippen LogP contribution in [0.4, 0.5) is 0 Å². The van der Waals surface area contributed by atoms with E-state index in [2.05, 4.69) is 86.8 Å². The highest BCUT2D eigenvalue weighted by molar-refractivity contribution is 5.71. The van der Waals surface area contributed by atoms with Gasteiger partial charge in [-0.15, -0.1) is 0 Å². The monoisotopic (exact) mass is 759 g/mol. The molecule has 0 amide bonds. The van der Waals surface area contributed by atoms with Crippen LogP contribution in [0.5, 0.6) is 0 Å². The van der Waals surface area contributed by atoms with Gasteiger partial charge in [0, 0.05) is 6.61 Å². The maximum absolute atomic E-state index is 12.7. The summed E-state index contributed by atoms with van der Waals surface area (Å²) in [5.74, 6) is -0.448. The Morgan fingerprint density at radius 1 is 0.611 bits per heavy atom. The Morgan fingerprint density at radius 2 is 1.13 bits per heavy atom. The van der Waals surface area contributed by atoms with Crippen molar-refractivity contribution < 1.29 is 44.2 Å². The van der Waals surface area contributed by atoms with Crippen LogP contribution in [0.2, 0.25) is 0 Å². The Morgan fingerprint density at radius 3 is 1.70 bits per heavy atom. The van der Waals surface area contributed by atoms with Crippen LogP contribution in [-0.4, -0.2) is 89.6 Å². The zero-order valence-electron chi connectivity index (χ0n) is 33.4. The maximum atomic E-state index is 12.7. The number of esters is 1. The average molecular weight is 759 g/mol. The molecule has 1 rings (SSSR count). The number of aliphatic hydroxyl groups is 4. The lowest BCUT2D eigenvalue weighted by Gasteiger charge is -2.39. The van der Waals surface area contributed by atoms with Gasteiger partial charge in [0.15, 0.2) is 6.29 Å². The number of carbonyl (C=O) groups is 1. The molecule has 4 N–H and O–H groups in total. The highest BCUT2D eigenvalue weighted by Crippen LogP contribution is 2.22. The van der Waals surface area contributed by atoms with Gasteiger partial charge in [0.2, 0.25) is 0 Å². The van der Waals surface area contributed by atoms with Gasteiger partial charge in [0.1, 0.15) is 30.5 Å². The molecule has 9 heteroatoms. The van der Waals surface area contributed by atoms with Crippen molar-refractivity contribution in [1.29, 1.82) is 0 Å². The molecule has 6 atom stereocenters. The third-order valence-electron chi connectivity index (χ3n) is 8.83. The van der Waals surface area contributed by atoms with Crippen LogP contribution in [0.1, 0.15) is 129 Å². The highest BCUT2D eigenvalue weighted by Gasteiger charge is 2.44. The van der Waals surface area contributed by atoms with Gasteiger partial charge in [-0.3, -0.25) is 4.79 Å². The standard InChI is InChI=1S/C45H74O9/c1-3-5-7-9-11-13-15-17-19-21-23-25-27-29-31-33-35-51-37-39(38-52-45-44(50)43(49)42(48)40(36-46)54-45)53-41(47)34-32-30-28-26-24-22-20-18-16-14-12-10-8-6-4-2/h6,8,11-14,17-20,24,26,30,32,39-40,42-46,48-50H,3-5,7,9-10,15-16,21-23,25,27-29,31,33-38H2,1-2H3/b8-6-,13-11-,14-12-,19-17-,20-18-,26-24-,32-30-. The first-order valence-electron chi connectivity index (χ1n) is 20.7. The summed E-state index contributed by atoms with van der Waals surface area (Å²) in [6.45, 7) is 4.24. The summed E-state index contributed by atoms with van der Waals surface area (Å²) in [4.78, 5) is 12.7. The minimum atomic E-state index is -1.56. The molecule has 1 heterocycles. The third kappa shape index (κ3) is 27.0. The smallest absolute Gasteiger partial charge is 0.310 e. The van der Waals surface area contributed by atoms with Gasteiger partial charge in [-0.1, -0.05) is 137 Å². The van der Waals surface area contributed by atoms with E-state index in [-0.39, 0.29) is 19.6 Å². The summed E-state index contributed by atoms with van der Waals surface area (Å²) < 4.78 is 22.6. The highest BCUT2D eigenvalue weighted by atomic mass is 16.7. The van der Waals surface area contributed by atoms with E-state index in [1.165, 1.54) is 44.9 Å². The molecule has 0 aliphatic carbocycles. The number of unbranched alkanes of at least 4 members (excludes halogenated alkanes) is 9. The number of hydrogen-bond donors (Lipinski definition) is 4. The Hall–Kier alpha value is -2.63. The van der Waals surface area contributed by atoms with Gasteiger partial charge in [0.05, 0.1) is 26.2 Å². The van der Waals surface area contributed by atoms with Gasteiger partial charge in [-0.05, 0) is 70.6 Å². The Bertz CT molecular complexity index is 1090. The van der Waals surface area contributed by atoms with Crippen LogP contribution in [0, 0.1) is 0 Å². The summed E-state index contributed by atoms with van der Waals surface area (Å²) >= 11 is 0. The molecule has 0 saturated carbocycles.